The van der Waals surface area contributed by atoms with Crippen LogP contribution in [-0.2, 0) is 0 Å². The molecule has 2 N–H and O–H groups in total. The molecule has 0 heterocycles. The van der Waals surface area contributed by atoms with Gasteiger partial charge in [0.15, 0.2) is 0 Å². The van der Waals surface area contributed by atoms with Crippen LogP contribution in [0.4, 0.5) is 4.39 Å². The molecule has 1 aromatic rings. The number of aryl methyl sites for hydroxylation is 1. The van der Waals surface area contributed by atoms with Crippen LogP contribution in [0.25, 0.3) is 0 Å². The van der Waals surface area contributed by atoms with Gasteiger partial charge in [-0.15, -0.1) is 0 Å². The van der Waals surface area contributed by atoms with Crippen molar-refractivity contribution in [1.29, 1.82) is 0 Å². The number of amides is 1. The van der Waals surface area contributed by atoms with Gasteiger partial charge < -0.3 is 10.6 Å². The predicted octanol–water partition coefficient (Wildman–Crippen LogP) is 2.58. The molecule has 4 heteroatoms. The molecule has 0 aromatic heterocycles. The zero-order chi connectivity index (χ0) is 14.6. The maximum atomic E-state index is 13.9. The number of hydrogen-bond acceptors (Lipinski definition) is 2. The highest BCUT2D eigenvalue weighted by molar-refractivity contribution is 5.94. The molecular weight excluding hydrogens is 243 g/mol. The zero-order valence-electron chi connectivity index (χ0n) is 12.1. The summed E-state index contributed by atoms with van der Waals surface area (Å²) in [4.78, 5) is 13.7. The van der Waals surface area contributed by atoms with Gasteiger partial charge in [0, 0.05) is 19.6 Å². The Bertz CT molecular complexity index is 446. The fourth-order valence-corrected chi connectivity index (χ4v) is 1.80. The number of nitrogens with two attached hydrogens (primary N) is 1. The van der Waals surface area contributed by atoms with Crippen molar-refractivity contribution in [2.24, 2.45) is 11.7 Å². The lowest BCUT2D eigenvalue weighted by atomic mass is 10.0. The normalized spacial score (nSPS) is 12.6. The van der Waals surface area contributed by atoms with E-state index in [1.54, 1.807) is 26.1 Å². The molecule has 0 radical (unpaired) electrons. The molecular formula is C15H23FN2O. The van der Waals surface area contributed by atoms with Gasteiger partial charge in [0.1, 0.15) is 5.82 Å². The molecule has 0 spiro atoms. The molecule has 0 aliphatic carbocycles. The van der Waals surface area contributed by atoms with Crippen LogP contribution in [0.2, 0.25) is 0 Å². The minimum Gasteiger partial charge on any atom is -0.342 e. The predicted molar refractivity (Wildman–Crippen MR) is 75.5 cm³/mol. The van der Waals surface area contributed by atoms with Crippen LogP contribution < -0.4 is 5.73 Å². The molecule has 0 fully saturated rings. The highest BCUT2D eigenvalue weighted by atomic mass is 19.1. The van der Waals surface area contributed by atoms with E-state index in [1.165, 1.54) is 11.0 Å². The fourth-order valence-electron chi connectivity index (χ4n) is 1.80. The number of rotatable bonds is 5. The first-order valence-corrected chi connectivity index (χ1v) is 6.60. The highest BCUT2D eigenvalue weighted by Crippen LogP contribution is 2.14. The summed E-state index contributed by atoms with van der Waals surface area (Å²) in [5.74, 6) is -0.358. The third kappa shape index (κ3) is 4.03. The van der Waals surface area contributed by atoms with Crippen molar-refractivity contribution in [3.8, 4) is 0 Å². The summed E-state index contributed by atoms with van der Waals surface area (Å²) in [6.07, 6.45) is 0.716. The van der Waals surface area contributed by atoms with Crippen LogP contribution in [0.5, 0.6) is 0 Å². The second kappa shape index (κ2) is 6.66. The summed E-state index contributed by atoms with van der Waals surface area (Å²) in [5.41, 5.74) is 6.56. The first kappa shape index (κ1) is 15.6. The lowest BCUT2D eigenvalue weighted by molar-refractivity contribution is 0.0784. The van der Waals surface area contributed by atoms with Crippen LogP contribution in [0.1, 0.15) is 36.2 Å². The Morgan fingerprint density at radius 2 is 2.05 bits per heavy atom. The Kier molecular flexibility index (Phi) is 5.48. The smallest absolute Gasteiger partial charge is 0.256 e. The number of hydrogen-bond donors (Lipinski definition) is 1. The van der Waals surface area contributed by atoms with E-state index < -0.39 is 5.82 Å². The van der Waals surface area contributed by atoms with Gasteiger partial charge in [0.2, 0.25) is 0 Å². The van der Waals surface area contributed by atoms with Crippen molar-refractivity contribution >= 4 is 5.91 Å². The Balaban J connectivity index is 2.69. The van der Waals surface area contributed by atoms with Crippen molar-refractivity contribution in [2.45, 2.75) is 33.2 Å². The summed E-state index contributed by atoms with van der Waals surface area (Å²) in [6.45, 7) is 6.28. The first-order chi connectivity index (χ1) is 8.84. The number of carbonyl (C=O) groups excluding carboxylic acids is 1. The lowest BCUT2D eigenvalue weighted by Crippen LogP contribution is -2.35. The van der Waals surface area contributed by atoms with E-state index in [0.717, 1.165) is 0 Å². The lowest BCUT2D eigenvalue weighted by Gasteiger charge is -2.22. The molecule has 0 aliphatic rings. The van der Waals surface area contributed by atoms with Gasteiger partial charge >= 0.3 is 0 Å². The van der Waals surface area contributed by atoms with Gasteiger partial charge in [-0.25, -0.2) is 4.39 Å². The monoisotopic (exact) mass is 266 g/mol. The quantitative estimate of drug-likeness (QED) is 0.890. The van der Waals surface area contributed by atoms with Crippen LogP contribution in [0, 0.1) is 18.7 Å². The molecule has 1 unspecified atom stereocenters. The number of carbonyl (C=O) groups is 1. The Hall–Kier alpha value is -1.42. The topological polar surface area (TPSA) is 46.3 Å². The molecule has 0 saturated carbocycles. The van der Waals surface area contributed by atoms with E-state index >= 15 is 0 Å². The minimum absolute atomic E-state index is 0.0533. The maximum Gasteiger partial charge on any atom is 0.256 e. The highest BCUT2D eigenvalue weighted by Gasteiger charge is 2.18. The molecule has 106 valence electrons. The van der Waals surface area contributed by atoms with Crippen molar-refractivity contribution in [3.05, 3.63) is 35.1 Å². The molecule has 0 aliphatic heterocycles. The average molecular weight is 266 g/mol. The average Bonchev–Trinajstić information content (AvgIpc) is 2.37. The van der Waals surface area contributed by atoms with Crippen molar-refractivity contribution in [1.82, 2.24) is 4.90 Å². The van der Waals surface area contributed by atoms with E-state index in [1.807, 2.05) is 13.8 Å². The van der Waals surface area contributed by atoms with E-state index in [0.29, 0.717) is 24.4 Å². The van der Waals surface area contributed by atoms with Crippen molar-refractivity contribution < 1.29 is 9.18 Å². The van der Waals surface area contributed by atoms with Gasteiger partial charge in [-0.3, -0.25) is 4.79 Å². The zero-order valence-corrected chi connectivity index (χ0v) is 12.1. The van der Waals surface area contributed by atoms with Gasteiger partial charge in [0.25, 0.3) is 5.91 Å². The molecule has 1 aromatic carbocycles. The summed E-state index contributed by atoms with van der Waals surface area (Å²) >= 11 is 0. The van der Waals surface area contributed by atoms with Gasteiger partial charge in [-0.05, 0) is 30.9 Å². The van der Waals surface area contributed by atoms with E-state index in [4.69, 9.17) is 5.73 Å². The second-order valence-electron chi connectivity index (χ2n) is 5.36. The number of nitrogens with zero attached hydrogens (tertiary/aromatic N) is 1. The summed E-state index contributed by atoms with van der Waals surface area (Å²) in [7, 11) is 1.68. The van der Waals surface area contributed by atoms with Crippen LogP contribution >= 0.6 is 0 Å². The van der Waals surface area contributed by atoms with Gasteiger partial charge in [-0.2, -0.15) is 0 Å². The third-order valence-corrected chi connectivity index (χ3v) is 3.42. The second-order valence-corrected chi connectivity index (χ2v) is 5.36. The summed E-state index contributed by atoms with van der Waals surface area (Å²) in [5, 5.41) is 0. The molecule has 1 amide bonds. The van der Waals surface area contributed by atoms with Gasteiger partial charge in [-0.1, -0.05) is 26.0 Å². The summed E-state index contributed by atoms with van der Waals surface area (Å²) < 4.78 is 13.9. The molecule has 0 bridgehead atoms. The Morgan fingerprint density at radius 1 is 1.42 bits per heavy atom. The minimum atomic E-state index is -0.437. The molecule has 3 nitrogen and oxygen atoms in total. The van der Waals surface area contributed by atoms with Crippen molar-refractivity contribution in [3.63, 3.8) is 0 Å². The first-order valence-electron chi connectivity index (χ1n) is 6.60. The number of benzene rings is 1. The number of halogens is 1. The van der Waals surface area contributed by atoms with Crippen LogP contribution in [0.3, 0.4) is 0 Å². The third-order valence-electron chi connectivity index (χ3n) is 3.42. The fraction of sp³-hybridized carbons (Fsp3) is 0.533. The van der Waals surface area contributed by atoms with Crippen LogP contribution in [0.15, 0.2) is 18.2 Å². The molecule has 19 heavy (non-hydrogen) atoms. The SMILES string of the molecule is Cc1cccc(C(=O)N(C)CCC(N)C(C)C)c1F. The van der Waals surface area contributed by atoms with Crippen LogP contribution in [-0.4, -0.2) is 30.4 Å². The molecule has 1 atom stereocenters. The van der Waals surface area contributed by atoms with E-state index in [9.17, 15) is 9.18 Å². The Morgan fingerprint density at radius 3 is 2.63 bits per heavy atom. The molecule has 1 rings (SSSR count). The largest absolute Gasteiger partial charge is 0.342 e. The molecule has 0 saturated heterocycles. The maximum absolute atomic E-state index is 13.9. The van der Waals surface area contributed by atoms with E-state index in [2.05, 4.69) is 0 Å². The van der Waals surface area contributed by atoms with Gasteiger partial charge in [0.05, 0.1) is 5.56 Å². The standard InChI is InChI=1S/C15H23FN2O/c1-10(2)13(17)8-9-18(4)15(19)12-7-5-6-11(3)14(12)16/h5-7,10,13H,8-9,17H2,1-4H3. The van der Waals surface area contributed by atoms with Crippen molar-refractivity contribution in [2.75, 3.05) is 13.6 Å². The summed E-state index contributed by atoms with van der Waals surface area (Å²) in [6, 6.07) is 4.92. The Labute approximate surface area is 114 Å². The van der Waals surface area contributed by atoms with E-state index in [-0.39, 0.29) is 17.5 Å².